The van der Waals surface area contributed by atoms with E-state index in [0.29, 0.717) is 29.3 Å². The summed E-state index contributed by atoms with van der Waals surface area (Å²) in [7, 11) is 0. The Balaban J connectivity index is 1.68. The van der Waals surface area contributed by atoms with E-state index in [9.17, 15) is 9.59 Å². The zero-order chi connectivity index (χ0) is 14.8. The first kappa shape index (κ1) is 13.7. The van der Waals surface area contributed by atoms with Crippen molar-refractivity contribution in [1.29, 1.82) is 0 Å². The van der Waals surface area contributed by atoms with Crippen molar-refractivity contribution >= 4 is 11.6 Å². The molecule has 4 aliphatic carbocycles. The summed E-state index contributed by atoms with van der Waals surface area (Å²) < 4.78 is 0. The molecule has 0 unspecified atom stereocenters. The van der Waals surface area contributed by atoms with E-state index in [2.05, 4.69) is 13.8 Å². The molecule has 6 atom stereocenters. The Labute approximate surface area is 127 Å². The van der Waals surface area contributed by atoms with Gasteiger partial charge in [0.05, 0.1) is 0 Å². The Morgan fingerprint density at radius 2 is 1.90 bits per heavy atom. The summed E-state index contributed by atoms with van der Waals surface area (Å²) in [4.78, 5) is 24.1. The van der Waals surface area contributed by atoms with E-state index in [-0.39, 0.29) is 5.41 Å². The van der Waals surface area contributed by atoms with E-state index in [1.807, 2.05) is 6.08 Å². The topological polar surface area (TPSA) is 34.1 Å². The zero-order valence-corrected chi connectivity index (χ0v) is 13.2. The Hall–Kier alpha value is -0.920. The minimum Gasteiger partial charge on any atom is -0.299 e. The highest BCUT2D eigenvalue weighted by Crippen LogP contribution is 2.61. The van der Waals surface area contributed by atoms with Crippen molar-refractivity contribution in [2.45, 2.75) is 58.8 Å². The highest BCUT2D eigenvalue weighted by Gasteiger charge is 2.56. The number of ketones is 2. The molecule has 0 N–H and O–H groups in total. The lowest BCUT2D eigenvalue weighted by molar-refractivity contribution is -0.131. The van der Waals surface area contributed by atoms with Gasteiger partial charge in [0.1, 0.15) is 5.78 Å². The summed E-state index contributed by atoms with van der Waals surface area (Å²) in [5.74, 6) is 4.12. The second-order valence-corrected chi connectivity index (χ2v) is 8.24. The van der Waals surface area contributed by atoms with Gasteiger partial charge in [-0.25, -0.2) is 0 Å². The van der Waals surface area contributed by atoms with Crippen LogP contribution >= 0.6 is 0 Å². The maximum atomic E-state index is 12.4. The van der Waals surface area contributed by atoms with Gasteiger partial charge in [-0.2, -0.15) is 0 Å². The van der Waals surface area contributed by atoms with Gasteiger partial charge in [0.15, 0.2) is 5.78 Å². The molecule has 0 aliphatic heterocycles. The monoisotopic (exact) mass is 286 g/mol. The van der Waals surface area contributed by atoms with Crippen molar-refractivity contribution in [3.8, 4) is 0 Å². The summed E-state index contributed by atoms with van der Waals surface area (Å²) in [6.07, 6.45) is 9.20. The largest absolute Gasteiger partial charge is 0.299 e. The Bertz CT molecular complexity index is 532. The molecular weight excluding hydrogens is 260 g/mol. The first-order chi connectivity index (χ1) is 10.0. The standard InChI is InChI=1S/C19H26O2/c1-11-9-16-14(13-4-3-12(20)10-15(11)13)7-8-19(2)17(16)5-6-18(19)21/h10-11,13-14,16-17H,3-9H2,1-2H3/t11-,13-,14-,16-,17-,19+/m1/s1. The van der Waals surface area contributed by atoms with Gasteiger partial charge in [0.2, 0.25) is 0 Å². The number of fused-ring (bicyclic) bond motifs is 5. The number of rotatable bonds is 0. The summed E-state index contributed by atoms with van der Waals surface area (Å²) in [5, 5.41) is 0. The van der Waals surface area contributed by atoms with Gasteiger partial charge in [-0.05, 0) is 67.8 Å². The van der Waals surface area contributed by atoms with Gasteiger partial charge >= 0.3 is 0 Å². The molecule has 0 saturated heterocycles. The van der Waals surface area contributed by atoms with E-state index in [0.717, 1.165) is 43.9 Å². The normalized spacial score (nSPS) is 49.2. The molecule has 2 heteroatoms. The Morgan fingerprint density at radius 1 is 1.10 bits per heavy atom. The van der Waals surface area contributed by atoms with Crippen LogP contribution in [0.4, 0.5) is 0 Å². The van der Waals surface area contributed by atoms with E-state index in [1.165, 1.54) is 18.4 Å². The molecule has 0 aromatic carbocycles. The molecule has 2 nitrogen and oxygen atoms in total. The smallest absolute Gasteiger partial charge is 0.155 e. The molecule has 4 aliphatic rings. The molecule has 114 valence electrons. The highest BCUT2D eigenvalue weighted by atomic mass is 16.1. The average Bonchev–Trinajstić information content (AvgIpc) is 2.76. The molecule has 3 saturated carbocycles. The highest BCUT2D eigenvalue weighted by molar-refractivity contribution is 5.91. The van der Waals surface area contributed by atoms with Crippen LogP contribution in [-0.2, 0) is 9.59 Å². The number of carbonyl (C=O) groups excluding carboxylic acids is 2. The molecule has 4 rings (SSSR count). The maximum Gasteiger partial charge on any atom is 0.155 e. The molecule has 0 aromatic heterocycles. The third kappa shape index (κ3) is 1.83. The third-order valence-electron chi connectivity index (χ3n) is 7.37. The van der Waals surface area contributed by atoms with Crippen LogP contribution in [0.25, 0.3) is 0 Å². The van der Waals surface area contributed by atoms with Crippen molar-refractivity contribution < 1.29 is 9.59 Å². The lowest BCUT2D eigenvalue weighted by Crippen LogP contribution is -2.48. The molecule has 0 heterocycles. The van der Waals surface area contributed by atoms with E-state index >= 15 is 0 Å². The Morgan fingerprint density at radius 3 is 2.71 bits per heavy atom. The number of carbonyl (C=O) groups is 2. The van der Waals surface area contributed by atoms with Crippen LogP contribution in [0.15, 0.2) is 11.6 Å². The fourth-order valence-corrected chi connectivity index (χ4v) is 6.27. The molecule has 0 amide bonds. The maximum absolute atomic E-state index is 12.4. The number of Topliss-reactive ketones (excluding diaryl/α,β-unsaturated/α-hetero) is 1. The van der Waals surface area contributed by atoms with Gasteiger partial charge in [-0.15, -0.1) is 0 Å². The second kappa shape index (κ2) is 4.54. The van der Waals surface area contributed by atoms with Gasteiger partial charge in [-0.1, -0.05) is 19.4 Å². The van der Waals surface area contributed by atoms with Gasteiger partial charge in [0.25, 0.3) is 0 Å². The summed E-state index contributed by atoms with van der Waals surface area (Å²) in [6, 6.07) is 0. The fraction of sp³-hybridized carbons (Fsp3) is 0.789. The van der Waals surface area contributed by atoms with Crippen LogP contribution in [0, 0.1) is 35.0 Å². The van der Waals surface area contributed by atoms with E-state index in [1.54, 1.807) is 0 Å². The molecule has 0 spiro atoms. The SMILES string of the molecule is C[C@@H]1C[C@@H]2[C@H](CC[C@]3(C)C(=O)CC[C@H]23)[C@H]2CCC(=O)C=C12. The van der Waals surface area contributed by atoms with Gasteiger partial charge in [-0.3, -0.25) is 9.59 Å². The van der Waals surface area contributed by atoms with Crippen LogP contribution in [0.5, 0.6) is 0 Å². The van der Waals surface area contributed by atoms with Crippen LogP contribution in [0.2, 0.25) is 0 Å². The Kier molecular flexibility index (Phi) is 2.96. The van der Waals surface area contributed by atoms with Crippen molar-refractivity contribution in [2.75, 3.05) is 0 Å². The minimum atomic E-state index is -0.0212. The predicted molar refractivity (Wildman–Crippen MR) is 81.6 cm³/mol. The second-order valence-electron chi connectivity index (χ2n) is 8.24. The van der Waals surface area contributed by atoms with Crippen LogP contribution < -0.4 is 0 Å². The lowest BCUT2D eigenvalue weighted by atomic mass is 9.50. The van der Waals surface area contributed by atoms with Gasteiger partial charge < -0.3 is 0 Å². The molecule has 0 radical (unpaired) electrons. The molecular formula is C19H26O2. The van der Waals surface area contributed by atoms with E-state index < -0.39 is 0 Å². The van der Waals surface area contributed by atoms with Gasteiger partial charge in [0, 0.05) is 18.3 Å². The number of hydrogen-bond acceptors (Lipinski definition) is 2. The third-order valence-corrected chi connectivity index (χ3v) is 7.37. The zero-order valence-electron chi connectivity index (χ0n) is 13.2. The summed E-state index contributed by atoms with van der Waals surface area (Å²) in [6.45, 7) is 4.54. The molecule has 21 heavy (non-hydrogen) atoms. The number of allylic oxidation sites excluding steroid dienone is 1. The fourth-order valence-electron chi connectivity index (χ4n) is 6.27. The first-order valence-electron chi connectivity index (χ1n) is 8.78. The minimum absolute atomic E-state index is 0.0212. The molecule has 0 aromatic rings. The number of hydrogen-bond donors (Lipinski definition) is 0. The van der Waals surface area contributed by atoms with Crippen molar-refractivity contribution in [2.24, 2.45) is 35.0 Å². The van der Waals surface area contributed by atoms with Crippen LogP contribution in [0.1, 0.15) is 58.8 Å². The summed E-state index contributed by atoms with van der Waals surface area (Å²) >= 11 is 0. The van der Waals surface area contributed by atoms with Crippen molar-refractivity contribution in [3.05, 3.63) is 11.6 Å². The summed E-state index contributed by atoms with van der Waals surface area (Å²) in [5.41, 5.74) is 1.42. The van der Waals surface area contributed by atoms with Crippen molar-refractivity contribution in [3.63, 3.8) is 0 Å². The molecule has 0 bridgehead atoms. The lowest BCUT2D eigenvalue weighted by Gasteiger charge is -2.53. The molecule has 3 fully saturated rings. The first-order valence-corrected chi connectivity index (χ1v) is 8.78. The quantitative estimate of drug-likeness (QED) is 0.676. The van der Waals surface area contributed by atoms with Crippen LogP contribution in [0.3, 0.4) is 0 Å². The van der Waals surface area contributed by atoms with E-state index in [4.69, 9.17) is 0 Å². The van der Waals surface area contributed by atoms with Crippen molar-refractivity contribution in [1.82, 2.24) is 0 Å². The predicted octanol–water partition coefficient (Wildman–Crippen LogP) is 3.94. The average molecular weight is 286 g/mol. The van der Waals surface area contributed by atoms with Crippen LogP contribution in [-0.4, -0.2) is 11.6 Å².